The van der Waals surface area contributed by atoms with Crippen LogP contribution < -0.4 is 5.73 Å². The molecule has 0 aliphatic carbocycles. The molecular weight excluding hydrogens is 128 g/mol. The van der Waals surface area contributed by atoms with Gasteiger partial charge in [0.15, 0.2) is 5.88 Å². The van der Waals surface area contributed by atoms with E-state index >= 15 is 0 Å². The molecule has 0 bridgehead atoms. The van der Waals surface area contributed by atoms with Crippen LogP contribution in [-0.4, -0.2) is 12.8 Å². The van der Waals surface area contributed by atoms with Gasteiger partial charge in [-0.2, -0.15) is 0 Å². The molecule has 0 atom stereocenters. The maximum atomic E-state index is 5.43. The van der Waals surface area contributed by atoms with Gasteiger partial charge >= 0.3 is 0 Å². The number of nitrogens with zero attached hydrogens (tertiary/aromatic N) is 1. The van der Waals surface area contributed by atoms with Crippen LogP contribution in [0.1, 0.15) is 11.3 Å². The Balaban J connectivity index is 2.53. The van der Waals surface area contributed by atoms with Crippen LogP contribution in [0, 0.1) is 0 Å². The van der Waals surface area contributed by atoms with Gasteiger partial charge in [0.1, 0.15) is 5.76 Å². The summed E-state index contributed by atoms with van der Waals surface area (Å²) in [5.74, 6) is 1.45. The molecule has 0 spiro atoms. The Morgan fingerprint density at radius 1 is 1.60 bits per heavy atom. The average molecular weight is 136 g/mol. The second-order valence-electron chi connectivity index (χ2n) is 2.31. The SMILES string of the molecule is Nc1cc2c(o1)CCN=C2. The van der Waals surface area contributed by atoms with E-state index in [9.17, 15) is 0 Å². The van der Waals surface area contributed by atoms with Crippen LogP contribution in [0.25, 0.3) is 0 Å². The summed E-state index contributed by atoms with van der Waals surface area (Å²) in [6.07, 6.45) is 2.68. The fourth-order valence-electron chi connectivity index (χ4n) is 1.10. The molecule has 0 radical (unpaired) electrons. The summed E-state index contributed by atoms with van der Waals surface area (Å²) in [5, 5.41) is 0. The summed E-state index contributed by atoms with van der Waals surface area (Å²) in [6.45, 7) is 0.819. The monoisotopic (exact) mass is 136 g/mol. The highest BCUT2D eigenvalue weighted by molar-refractivity contribution is 5.83. The van der Waals surface area contributed by atoms with Crippen LogP contribution in [0.2, 0.25) is 0 Å². The van der Waals surface area contributed by atoms with Crippen LogP contribution in [0.5, 0.6) is 0 Å². The van der Waals surface area contributed by atoms with Crippen molar-refractivity contribution in [2.45, 2.75) is 6.42 Å². The Morgan fingerprint density at radius 2 is 2.50 bits per heavy atom. The number of nitrogens with two attached hydrogens (primary N) is 1. The lowest BCUT2D eigenvalue weighted by molar-refractivity contribution is 0.525. The van der Waals surface area contributed by atoms with Gasteiger partial charge in [-0.3, -0.25) is 4.99 Å². The van der Waals surface area contributed by atoms with Crippen LogP contribution in [-0.2, 0) is 6.42 Å². The third-order valence-corrected chi connectivity index (χ3v) is 1.56. The number of rotatable bonds is 0. The maximum absolute atomic E-state index is 5.43. The van der Waals surface area contributed by atoms with Gasteiger partial charge in [0.05, 0.1) is 0 Å². The molecule has 1 aromatic heterocycles. The smallest absolute Gasteiger partial charge is 0.191 e. The lowest BCUT2D eigenvalue weighted by Crippen LogP contribution is -1.98. The highest BCUT2D eigenvalue weighted by Crippen LogP contribution is 2.18. The minimum absolute atomic E-state index is 0.485. The lowest BCUT2D eigenvalue weighted by Gasteiger charge is -1.99. The number of nitrogen functional groups attached to an aromatic ring is 1. The molecule has 0 fully saturated rings. The maximum Gasteiger partial charge on any atom is 0.191 e. The molecule has 0 aromatic carbocycles. The van der Waals surface area contributed by atoms with Crippen molar-refractivity contribution < 1.29 is 4.42 Å². The largest absolute Gasteiger partial charge is 0.445 e. The van der Waals surface area contributed by atoms with E-state index in [1.165, 1.54) is 0 Å². The van der Waals surface area contributed by atoms with Crippen molar-refractivity contribution in [2.75, 3.05) is 12.3 Å². The Labute approximate surface area is 58.5 Å². The van der Waals surface area contributed by atoms with Crippen molar-refractivity contribution in [1.29, 1.82) is 0 Å². The van der Waals surface area contributed by atoms with Crippen molar-refractivity contribution in [3.8, 4) is 0 Å². The first kappa shape index (κ1) is 5.53. The van der Waals surface area contributed by atoms with Crippen LogP contribution in [0.15, 0.2) is 15.5 Å². The van der Waals surface area contributed by atoms with Gasteiger partial charge in [0.2, 0.25) is 0 Å². The van der Waals surface area contributed by atoms with Crippen molar-refractivity contribution in [1.82, 2.24) is 0 Å². The summed E-state index contributed by atoms with van der Waals surface area (Å²) in [7, 11) is 0. The third kappa shape index (κ3) is 0.708. The van der Waals surface area contributed by atoms with E-state index in [2.05, 4.69) is 4.99 Å². The molecule has 2 rings (SSSR count). The number of furan rings is 1. The Kier molecular flexibility index (Phi) is 1.03. The molecule has 2 N–H and O–H groups in total. The highest BCUT2D eigenvalue weighted by Gasteiger charge is 2.09. The van der Waals surface area contributed by atoms with Gasteiger partial charge in [0, 0.05) is 30.8 Å². The first-order valence-corrected chi connectivity index (χ1v) is 3.24. The molecule has 3 nitrogen and oxygen atoms in total. The summed E-state index contributed by atoms with van der Waals surface area (Å²) in [6, 6.07) is 1.80. The highest BCUT2D eigenvalue weighted by atomic mass is 16.4. The first-order chi connectivity index (χ1) is 4.86. The Bertz CT molecular complexity index is 275. The second kappa shape index (κ2) is 1.87. The molecule has 10 heavy (non-hydrogen) atoms. The van der Waals surface area contributed by atoms with Crippen molar-refractivity contribution in [2.24, 2.45) is 4.99 Å². The summed E-state index contributed by atoms with van der Waals surface area (Å²) in [4.78, 5) is 4.09. The molecule has 1 aliphatic heterocycles. The number of anilines is 1. The van der Waals surface area contributed by atoms with Gasteiger partial charge in [-0.1, -0.05) is 0 Å². The first-order valence-electron chi connectivity index (χ1n) is 3.24. The standard InChI is InChI=1S/C7H8N2O/c8-7-3-5-4-9-2-1-6(5)10-7/h3-4H,1-2,8H2. The van der Waals surface area contributed by atoms with Gasteiger partial charge in [-0.05, 0) is 0 Å². The normalized spacial score (nSPS) is 15.2. The summed E-state index contributed by atoms with van der Waals surface area (Å²) < 4.78 is 5.19. The minimum atomic E-state index is 0.485. The molecule has 0 saturated carbocycles. The number of hydrogen-bond acceptors (Lipinski definition) is 3. The fourth-order valence-corrected chi connectivity index (χ4v) is 1.10. The lowest BCUT2D eigenvalue weighted by atomic mass is 10.2. The van der Waals surface area contributed by atoms with Crippen LogP contribution in [0.4, 0.5) is 5.88 Å². The Hall–Kier alpha value is -1.25. The van der Waals surface area contributed by atoms with Gasteiger partial charge in [-0.25, -0.2) is 0 Å². The molecule has 2 heterocycles. The molecular formula is C7H8N2O. The van der Waals surface area contributed by atoms with Crippen LogP contribution in [0.3, 0.4) is 0 Å². The zero-order valence-corrected chi connectivity index (χ0v) is 5.50. The summed E-state index contributed by atoms with van der Waals surface area (Å²) >= 11 is 0. The topological polar surface area (TPSA) is 51.5 Å². The van der Waals surface area contributed by atoms with Crippen LogP contribution >= 0.6 is 0 Å². The summed E-state index contributed by atoms with van der Waals surface area (Å²) in [5.41, 5.74) is 6.46. The third-order valence-electron chi connectivity index (χ3n) is 1.56. The van der Waals surface area contributed by atoms with E-state index in [1.54, 1.807) is 12.3 Å². The predicted octanol–water partition coefficient (Wildman–Crippen LogP) is 0.837. The van der Waals surface area contributed by atoms with Crippen molar-refractivity contribution >= 4 is 12.1 Å². The van der Waals surface area contributed by atoms with Crippen molar-refractivity contribution in [3.05, 3.63) is 17.4 Å². The van der Waals surface area contributed by atoms with E-state index in [0.717, 1.165) is 24.3 Å². The molecule has 52 valence electrons. The number of fused-ring (bicyclic) bond motifs is 1. The second-order valence-corrected chi connectivity index (χ2v) is 2.31. The molecule has 1 aliphatic rings. The molecule has 0 amide bonds. The van der Waals surface area contributed by atoms with E-state index < -0.39 is 0 Å². The molecule has 0 saturated heterocycles. The zero-order chi connectivity index (χ0) is 6.97. The van der Waals surface area contributed by atoms with Crippen molar-refractivity contribution in [3.63, 3.8) is 0 Å². The quantitative estimate of drug-likeness (QED) is 0.574. The molecule has 0 unspecified atom stereocenters. The fraction of sp³-hybridized carbons (Fsp3) is 0.286. The number of aliphatic imine (C=N–C) groups is 1. The van der Waals surface area contributed by atoms with Gasteiger partial charge < -0.3 is 10.2 Å². The predicted molar refractivity (Wildman–Crippen MR) is 39.3 cm³/mol. The van der Waals surface area contributed by atoms with Gasteiger partial charge in [0.25, 0.3) is 0 Å². The van der Waals surface area contributed by atoms with Gasteiger partial charge in [-0.15, -0.1) is 0 Å². The molecule has 1 aromatic rings. The van der Waals surface area contributed by atoms with E-state index in [1.807, 2.05) is 0 Å². The molecule has 3 heteroatoms. The minimum Gasteiger partial charge on any atom is -0.445 e. The van der Waals surface area contributed by atoms with E-state index in [4.69, 9.17) is 10.2 Å². The van der Waals surface area contributed by atoms with E-state index in [-0.39, 0.29) is 0 Å². The van der Waals surface area contributed by atoms with E-state index in [0.29, 0.717) is 5.88 Å². The Morgan fingerprint density at radius 3 is 3.30 bits per heavy atom. The zero-order valence-electron chi connectivity index (χ0n) is 5.50. The average Bonchev–Trinajstić information content (AvgIpc) is 2.27. The number of hydrogen-bond donors (Lipinski definition) is 1.